The van der Waals surface area contributed by atoms with Crippen LogP contribution in [0, 0.1) is 11.6 Å². The maximum atomic E-state index is 13.8. The number of halogens is 2. The minimum atomic E-state index is -0.761. The Hall–Kier alpha value is -1.74. The number of fused-ring (bicyclic) bond motifs is 1. The van der Waals surface area contributed by atoms with Crippen molar-refractivity contribution in [3.8, 4) is 0 Å². The van der Waals surface area contributed by atoms with Crippen LogP contribution >= 0.6 is 0 Å². The Kier molecular flexibility index (Phi) is 3.53. The predicted molar refractivity (Wildman–Crippen MR) is 75.5 cm³/mol. The Bertz CT molecular complexity index is 617. The van der Waals surface area contributed by atoms with Gasteiger partial charge in [-0.2, -0.15) is 0 Å². The van der Waals surface area contributed by atoms with Gasteiger partial charge in [0.05, 0.1) is 6.04 Å². The van der Waals surface area contributed by atoms with E-state index in [9.17, 15) is 8.78 Å². The van der Waals surface area contributed by atoms with E-state index in [4.69, 9.17) is 5.73 Å². The van der Waals surface area contributed by atoms with Crippen LogP contribution in [0.5, 0.6) is 0 Å². The molecule has 2 aromatic carbocycles. The van der Waals surface area contributed by atoms with Gasteiger partial charge in [0.15, 0.2) is 0 Å². The summed E-state index contributed by atoms with van der Waals surface area (Å²) in [5.41, 5.74) is 9.39. The molecule has 2 N–H and O–H groups in total. The Balaban J connectivity index is 2.00. The van der Waals surface area contributed by atoms with Crippen LogP contribution in [0.4, 0.5) is 8.78 Å². The Morgan fingerprint density at radius 2 is 1.55 bits per heavy atom. The second kappa shape index (κ2) is 5.33. The molecule has 2 aromatic rings. The fourth-order valence-electron chi connectivity index (χ4n) is 2.92. The van der Waals surface area contributed by atoms with Crippen molar-refractivity contribution in [3.05, 3.63) is 70.3 Å². The maximum absolute atomic E-state index is 13.8. The number of hydrogen-bond acceptors (Lipinski definition) is 1. The number of benzene rings is 2. The summed E-state index contributed by atoms with van der Waals surface area (Å²) in [4.78, 5) is 0. The van der Waals surface area contributed by atoms with E-state index in [0.29, 0.717) is 0 Å². The summed E-state index contributed by atoms with van der Waals surface area (Å²) >= 11 is 0. The Morgan fingerprint density at radius 3 is 2.25 bits per heavy atom. The largest absolute Gasteiger partial charge is 0.320 e. The zero-order chi connectivity index (χ0) is 14.1. The number of hydrogen-bond donors (Lipinski definition) is 1. The van der Waals surface area contributed by atoms with E-state index in [1.807, 2.05) is 18.2 Å². The van der Waals surface area contributed by atoms with Gasteiger partial charge >= 0.3 is 0 Å². The molecular weight excluding hydrogens is 256 g/mol. The molecule has 0 spiro atoms. The molecule has 0 saturated heterocycles. The van der Waals surface area contributed by atoms with Crippen molar-refractivity contribution in [3.63, 3.8) is 0 Å². The highest BCUT2D eigenvalue weighted by molar-refractivity contribution is 5.39. The molecule has 104 valence electrons. The molecule has 1 aliphatic rings. The molecule has 0 heterocycles. The molecule has 0 radical (unpaired) electrons. The molecule has 0 saturated carbocycles. The lowest BCUT2D eigenvalue weighted by Crippen LogP contribution is -2.16. The summed E-state index contributed by atoms with van der Waals surface area (Å²) in [7, 11) is 0. The summed E-state index contributed by atoms with van der Waals surface area (Å²) in [6.07, 6.45) is 4.48. The minimum Gasteiger partial charge on any atom is -0.320 e. The summed E-state index contributed by atoms with van der Waals surface area (Å²) in [5, 5.41) is 0. The average Bonchev–Trinajstić information content (AvgIpc) is 2.46. The fourth-order valence-corrected chi connectivity index (χ4v) is 2.92. The highest BCUT2D eigenvalue weighted by atomic mass is 19.1. The summed E-state index contributed by atoms with van der Waals surface area (Å²) in [6.45, 7) is 0. The Morgan fingerprint density at radius 1 is 0.900 bits per heavy atom. The fraction of sp³-hybridized carbons (Fsp3) is 0.294. The van der Waals surface area contributed by atoms with Gasteiger partial charge in [0.25, 0.3) is 0 Å². The van der Waals surface area contributed by atoms with Crippen LogP contribution in [0.2, 0.25) is 0 Å². The molecule has 3 rings (SSSR count). The molecule has 0 aliphatic heterocycles. The smallest absolute Gasteiger partial charge is 0.131 e. The van der Waals surface area contributed by atoms with Gasteiger partial charge < -0.3 is 5.73 Å². The van der Waals surface area contributed by atoms with E-state index in [1.165, 1.54) is 42.2 Å². The van der Waals surface area contributed by atoms with Crippen molar-refractivity contribution >= 4 is 0 Å². The first-order valence-corrected chi connectivity index (χ1v) is 6.98. The normalized spacial score (nSPS) is 15.8. The van der Waals surface area contributed by atoms with Gasteiger partial charge in [-0.1, -0.05) is 24.3 Å². The number of rotatable bonds is 2. The standard InChI is InChI=1S/C17H17F2N/c18-14-6-3-7-15(19)16(14)17(20)13-9-8-11-4-1-2-5-12(11)10-13/h3,6-10,17H,1-2,4-5,20H2. The van der Waals surface area contributed by atoms with Gasteiger partial charge in [-0.05, 0) is 54.5 Å². The van der Waals surface area contributed by atoms with Crippen LogP contribution in [0.25, 0.3) is 0 Å². The van der Waals surface area contributed by atoms with E-state index < -0.39 is 17.7 Å². The van der Waals surface area contributed by atoms with Crippen LogP contribution in [0.15, 0.2) is 36.4 Å². The molecule has 20 heavy (non-hydrogen) atoms. The second-order valence-electron chi connectivity index (χ2n) is 5.35. The van der Waals surface area contributed by atoms with Crippen molar-refractivity contribution < 1.29 is 8.78 Å². The molecule has 0 amide bonds. The van der Waals surface area contributed by atoms with E-state index in [1.54, 1.807) is 0 Å². The third kappa shape index (κ3) is 2.34. The first-order chi connectivity index (χ1) is 9.66. The van der Waals surface area contributed by atoms with E-state index in [2.05, 4.69) is 0 Å². The third-order valence-corrected chi connectivity index (χ3v) is 4.04. The van der Waals surface area contributed by atoms with Crippen molar-refractivity contribution in [1.82, 2.24) is 0 Å². The average molecular weight is 273 g/mol. The molecule has 0 bridgehead atoms. The maximum Gasteiger partial charge on any atom is 0.131 e. The highest BCUT2D eigenvalue weighted by Crippen LogP contribution is 2.29. The van der Waals surface area contributed by atoms with Crippen LogP contribution in [0.3, 0.4) is 0 Å². The molecule has 1 nitrogen and oxygen atoms in total. The molecule has 3 heteroatoms. The number of aryl methyl sites for hydroxylation is 2. The minimum absolute atomic E-state index is 0.0525. The third-order valence-electron chi connectivity index (χ3n) is 4.04. The second-order valence-corrected chi connectivity index (χ2v) is 5.35. The topological polar surface area (TPSA) is 26.0 Å². The highest BCUT2D eigenvalue weighted by Gasteiger charge is 2.19. The van der Waals surface area contributed by atoms with Gasteiger partial charge in [0.2, 0.25) is 0 Å². The monoisotopic (exact) mass is 273 g/mol. The lowest BCUT2D eigenvalue weighted by atomic mass is 9.88. The summed E-state index contributed by atoms with van der Waals surface area (Å²) in [6, 6.07) is 9.03. The van der Waals surface area contributed by atoms with E-state index >= 15 is 0 Å². The predicted octanol–water partition coefficient (Wildman–Crippen LogP) is 3.89. The van der Waals surface area contributed by atoms with Crippen molar-refractivity contribution in [2.24, 2.45) is 5.73 Å². The van der Waals surface area contributed by atoms with Crippen LogP contribution in [0.1, 0.15) is 41.1 Å². The first-order valence-electron chi connectivity index (χ1n) is 6.98. The van der Waals surface area contributed by atoms with Crippen LogP contribution < -0.4 is 5.73 Å². The quantitative estimate of drug-likeness (QED) is 0.882. The van der Waals surface area contributed by atoms with Gasteiger partial charge in [-0.3, -0.25) is 0 Å². The molecule has 1 unspecified atom stereocenters. The lowest BCUT2D eigenvalue weighted by molar-refractivity contribution is 0.543. The van der Waals surface area contributed by atoms with E-state index in [-0.39, 0.29) is 5.56 Å². The van der Waals surface area contributed by atoms with Crippen LogP contribution in [-0.4, -0.2) is 0 Å². The molecule has 0 fully saturated rings. The molecule has 0 aromatic heterocycles. The van der Waals surface area contributed by atoms with Gasteiger partial charge in [0.1, 0.15) is 11.6 Å². The van der Waals surface area contributed by atoms with Gasteiger partial charge in [-0.25, -0.2) is 8.78 Å². The van der Waals surface area contributed by atoms with Crippen molar-refractivity contribution in [2.75, 3.05) is 0 Å². The molecular formula is C17H17F2N. The summed E-state index contributed by atoms with van der Waals surface area (Å²) < 4.78 is 27.6. The molecule has 1 atom stereocenters. The SMILES string of the molecule is NC(c1ccc2c(c1)CCCC2)c1c(F)cccc1F. The van der Waals surface area contributed by atoms with Crippen molar-refractivity contribution in [2.45, 2.75) is 31.7 Å². The van der Waals surface area contributed by atoms with Crippen molar-refractivity contribution in [1.29, 1.82) is 0 Å². The van der Waals surface area contributed by atoms with Crippen LogP contribution in [-0.2, 0) is 12.8 Å². The lowest BCUT2D eigenvalue weighted by Gasteiger charge is -2.20. The Labute approximate surface area is 117 Å². The van der Waals surface area contributed by atoms with E-state index in [0.717, 1.165) is 18.4 Å². The van der Waals surface area contributed by atoms with Gasteiger partial charge in [0, 0.05) is 5.56 Å². The number of nitrogens with two attached hydrogens (primary N) is 1. The zero-order valence-electron chi connectivity index (χ0n) is 11.2. The molecule has 1 aliphatic carbocycles. The first kappa shape index (κ1) is 13.3. The van der Waals surface area contributed by atoms with Gasteiger partial charge in [-0.15, -0.1) is 0 Å². The summed E-state index contributed by atoms with van der Waals surface area (Å²) in [5.74, 6) is -1.18. The zero-order valence-corrected chi connectivity index (χ0v) is 11.2.